The Hall–Kier alpha value is -3.33. The molecule has 32 heavy (non-hydrogen) atoms. The third-order valence-corrected chi connectivity index (χ3v) is 5.82. The highest BCUT2D eigenvalue weighted by atomic mass is 19.1. The van der Waals surface area contributed by atoms with Crippen molar-refractivity contribution < 1.29 is 18.8 Å². The van der Waals surface area contributed by atoms with Crippen molar-refractivity contribution in [1.29, 1.82) is 5.26 Å². The second-order valence-corrected chi connectivity index (χ2v) is 8.84. The van der Waals surface area contributed by atoms with Crippen molar-refractivity contribution in [3.05, 3.63) is 59.9 Å². The van der Waals surface area contributed by atoms with E-state index < -0.39 is 17.3 Å². The summed E-state index contributed by atoms with van der Waals surface area (Å²) in [5.74, 6) is -2.71. The number of hydrogen-bond acceptors (Lipinski definition) is 5. The van der Waals surface area contributed by atoms with E-state index in [0.717, 1.165) is 16.7 Å². The van der Waals surface area contributed by atoms with Gasteiger partial charge in [-0.1, -0.05) is 68.7 Å². The predicted octanol–water partition coefficient (Wildman–Crippen LogP) is 5.49. The number of oxime groups is 1. The zero-order valence-corrected chi connectivity index (χ0v) is 18.6. The minimum atomic E-state index is -1.01. The van der Waals surface area contributed by atoms with E-state index in [4.69, 9.17) is 4.84 Å². The molecule has 0 heterocycles. The summed E-state index contributed by atoms with van der Waals surface area (Å²) < 4.78 is 13.1. The molecule has 5 nitrogen and oxygen atoms in total. The van der Waals surface area contributed by atoms with Gasteiger partial charge in [0, 0.05) is 6.42 Å². The molecule has 1 aliphatic rings. The number of ketones is 2. The van der Waals surface area contributed by atoms with E-state index in [1.165, 1.54) is 12.1 Å². The minimum Gasteiger partial charge on any atom is -0.391 e. The van der Waals surface area contributed by atoms with Crippen LogP contribution < -0.4 is 0 Å². The first kappa shape index (κ1) is 23.3. The Morgan fingerprint density at radius 3 is 2.28 bits per heavy atom. The number of Topliss-reactive ketones (excluding diaryl/α,β-unsaturated/α-hetero) is 2. The molecule has 0 N–H and O–H groups in total. The van der Waals surface area contributed by atoms with E-state index >= 15 is 0 Å². The fraction of sp³-hybridized carbons (Fsp3) is 0.385. The molecular formula is C26H27FN2O3. The van der Waals surface area contributed by atoms with E-state index in [1.54, 1.807) is 26.0 Å². The number of nitriles is 1. The Balaban J connectivity index is 1.71. The number of carbonyl (C=O) groups is 2. The second kappa shape index (κ2) is 9.86. The topological polar surface area (TPSA) is 79.5 Å². The molecule has 1 saturated carbocycles. The van der Waals surface area contributed by atoms with Gasteiger partial charge in [0.2, 0.25) is 0 Å². The average Bonchev–Trinajstić information content (AvgIpc) is 2.74. The van der Waals surface area contributed by atoms with Crippen molar-refractivity contribution in [3.8, 4) is 17.2 Å². The molecule has 0 amide bonds. The van der Waals surface area contributed by atoms with Crippen LogP contribution in [0.3, 0.4) is 0 Å². The van der Waals surface area contributed by atoms with E-state index in [1.807, 2.05) is 31.2 Å². The molecule has 1 aliphatic carbocycles. The molecular weight excluding hydrogens is 407 g/mol. The first-order chi connectivity index (χ1) is 15.3. The molecule has 0 spiro atoms. The van der Waals surface area contributed by atoms with Crippen LogP contribution in [0.4, 0.5) is 4.39 Å². The van der Waals surface area contributed by atoms with Crippen LogP contribution in [-0.4, -0.2) is 17.3 Å². The quantitative estimate of drug-likeness (QED) is 0.328. The Labute approximate surface area is 187 Å². The Kier molecular flexibility index (Phi) is 7.19. The van der Waals surface area contributed by atoms with Gasteiger partial charge < -0.3 is 4.84 Å². The van der Waals surface area contributed by atoms with Gasteiger partial charge in [-0.05, 0) is 40.7 Å². The highest BCUT2D eigenvalue weighted by Gasteiger charge is 2.49. The van der Waals surface area contributed by atoms with Crippen molar-refractivity contribution in [1.82, 2.24) is 0 Å². The number of rotatable bonds is 7. The summed E-state index contributed by atoms with van der Waals surface area (Å²) in [5.41, 5.74) is 2.44. The molecule has 166 valence electrons. The molecule has 0 radical (unpaired) electrons. The van der Waals surface area contributed by atoms with Gasteiger partial charge in [-0.15, -0.1) is 0 Å². The van der Waals surface area contributed by atoms with Crippen LogP contribution in [-0.2, 0) is 21.0 Å². The number of carbonyl (C=O) groups excluding carboxylic acids is 2. The molecule has 0 bridgehead atoms. The normalized spacial score (nSPS) is 20.7. The minimum absolute atomic E-state index is 0.162. The third kappa shape index (κ3) is 5.11. The second-order valence-electron chi connectivity index (χ2n) is 8.84. The van der Waals surface area contributed by atoms with Crippen LogP contribution in [0.25, 0.3) is 11.1 Å². The summed E-state index contributed by atoms with van der Waals surface area (Å²) in [5, 5.41) is 13.6. The molecule has 2 aromatic rings. The maximum Gasteiger partial charge on any atom is 0.166 e. The molecule has 3 rings (SSSR count). The summed E-state index contributed by atoms with van der Waals surface area (Å²) >= 11 is 0. The predicted molar refractivity (Wildman–Crippen MR) is 120 cm³/mol. The number of hydrogen-bond donors (Lipinski definition) is 0. The maximum absolute atomic E-state index is 13.1. The fourth-order valence-electron chi connectivity index (χ4n) is 4.08. The number of nitrogens with zero attached hydrogens (tertiary/aromatic N) is 2. The van der Waals surface area contributed by atoms with Gasteiger partial charge in [0.1, 0.15) is 30.0 Å². The highest BCUT2D eigenvalue weighted by Crippen LogP contribution is 2.39. The van der Waals surface area contributed by atoms with E-state index in [2.05, 4.69) is 11.2 Å². The summed E-state index contributed by atoms with van der Waals surface area (Å²) in [6, 6.07) is 16.0. The monoisotopic (exact) mass is 434 g/mol. The molecule has 0 aromatic heterocycles. The van der Waals surface area contributed by atoms with Crippen LogP contribution in [0.5, 0.6) is 0 Å². The van der Waals surface area contributed by atoms with Crippen molar-refractivity contribution in [2.24, 2.45) is 22.4 Å². The van der Waals surface area contributed by atoms with Crippen molar-refractivity contribution in [2.45, 2.75) is 46.6 Å². The molecule has 2 aromatic carbocycles. The zero-order chi connectivity index (χ0) is 23.3. The van der Waals surface area contributed by atoms with Crippen molar-refractivity contribution in [2.75, 3.05) is 0 Å². The van der Waals surface area contributed by atoms with Crippen molar-refractivity contribution >= 4 is 17.3 Å². The van der Waals surface area contributed by atoms with Gasteiger partial charge in [-0.25, -0.2) is 4.39 Å². The fourth-order valence-corrected chi connectivity index (χ4v) is 4.08. The number of benzene rings is 2. The summed E-state index contributed by atoms with van der Waals surface area (Å²) in [4.78, 5) is 31.2. The lowest BCUT2D eigenvalue weighted by Crippen LogP contribution is -2.48. The zero-order valence-electron chi connectivity index (χ0n) is 18.6. The van der Waals surface area contributed by atoms with E-state index in [9.17, 15) is 19.2 Å². The summed E-state index contributed by atoms with van der Waals surface area (Å²) in [6.45, 7) is 5.66. The summed E-state index contributed by atoms with van der Waals surface area (Å²) in [7, 11) is 0. The summed E-state index contributed by atoms with van der Waals surface area (Å²) in [6.07, 6.45) is 1.31. The van der Waals surface area contributed by atoms with Crippen LogP contribution in [0.2, 0.25) is 0 Å². The number of halogens is 1. The highest BCUT2D eigenvalue weighted by molar-refractivity contribution is 6.23. The standard InChI is InChI=1S/C26H27FN2O3/c1-4-5-22(24-23(30)14-26(2,3)21(15-28)25(24)31)29-32-16-17-6-8-18(9-7-17)19-10-12-20(27)13-11-19/h6-13,21,24H,4-5,14,16H2,1-3H3/b29-22-/t21-,24-/m1/s1. The van der Waals surface area contributed by atoms with Gasteiger partial charge in [0.15, 0.2) is 5.78 Å². The van der Waals surface area contributed by atoms with Crippen LogP contribution in [0, 0.1) is 34.4 Å². The van der Waals surface area contributed by atoms with Gasteiger partial charge in [0.25, 0.3) is 0 Å². The SMILES string of the molecule is CCC/C(=N/OCc1ccc(-c2ccc(F)cc2)cc1)[C@@H]1C(=O)CC(C)(C)[C@H](C#N)C1=O. The Bertz CT molecular complexity index is 1050. The van der Waals surface area contributed by atoms with Gasteiger partial charge >= 0.3 is 0 Å². The lowest BCUT2D eigenvalue weighted by Gasteiger charge is -2.36. The van der Waals surface area contributed by atoms with Crippen LogP contribution in [0.15, 0.2) is 53.7 Å². The molecule has 6 heteroatoms. The van der Waals surface area contributed by atoms with Crippen molar-refractivity contribution in [3.63, 3.8) is 0 Å². The average molecular weight is 435 g/mol. The van der Waals surface area contributed by atoms with Gasteiger partial charge in [-0.2, -0.15) is 5.26 Å². The molecule has 0 aliphatic heterocycles. The smallest absolute Gasteiger partial charge is 0.166 e. The van der Waals surface area contributed by atoms with Crippen LogP contribution >= 0.6 is 0 Å². The van der Waals surface area contributed by atoms with Gasteiger partial charge in [-0.3, -0.25) is 9.59 Å². The Morgan fingerprint density at radius 2 is 1.72 bits per heavy atom. The molecule has 0 saturated heterocycles. The Morgan fingerprint density at radius 1 is 1.12 bits per heavy atom. The molecule has 1 fully saturated rings. The van der Waals surface area contributed by atoms with Crippen LogP contribution in [0.1, 0.15) is 45.6 Å². The van der Waals surface area contributed by atoms with Gasteiger partial charge in [0.05, 0.1) is 11.8 Å². The van der Waals surface area contributed by atoms with E-state index in [0.29, 0.717) is 18.6 Å². The maximum atomic E-state index is 13.1. The largest absolute Gasteiger partial charge is 0.391 e. The molecule has 2 atom stereocenters. The first-order valence-electron chi connectivity index (χ1n) is 10.8. The molecule has 0 unspecified atom stereocenters. The first-order valence-corrected chi connectivity index (χ1v) is 10.8. The van der Waals surface area contributed by atoms with E-state index in [-0.39, 0.29) is 30.4 Å². The third-order valence-electron chi connectivity index (χ3n) is 5.82. The lowest BCUT2D eigenvalue weighted by atomic mass is 9.63. The lowest BCUT2D eigenvalue weighted by molar-refractivity contribution is -0.139.